The van der Waals surface area contributed by atoms with E-state index in [-0.39, 0.29) is 18.5 Å². The van der Waals surface area contributed by atoms with Crippen LogP contribution in [0.4, 0.5) is 10.5 Å². The van der Waals surface area contributed by atoms with Gasteiger partial charge in [-0.25, -0.2) is 4.79 Å². The number of methoxy groups -OCH3 is 1. The number of carbonyl (C=O) groups excluding carboxylic acids is 2. The normalized spacial score (nSPS) is 24.1. The van der Waals surface area contributed by atoms with Crippen molar-refractivity contribution in [2.24, 2.45) is 0 Å². The van der Waals surface area contributed by atoms with Crippen LogP contribution >= 0.6 is 0 Å². The van der Waals surface area contributed by atoms with Crippen molar-refractivity contribution in [1.29, 1.82) is 0 Å². The number of amides is 2. The molecular weight excluding hydrogens is 310 g/mol. The van der Waals surface area contributed by atoms with Gasteiger partial charge in [-0.15, -0.1) is 0 Å². The number of likely N-dealkylation sites (tertiary alicyclic amines) is 1. The van der Waals surface area contributed by atoms with Gasteiger partial charge in [-0.3, -0.25) is 9.69 Å². The Bertz CT molecular complexity index is 619. The molecular formula is C17H23N3O4. The van der Waals surface area contributed by atoms with Gasteiger partial charge in [0.05, 0.1) is 20.2 Å². The Morgan fingerprint density at radius 2 is 2.08 bits per heavy atom. The lowest BCUT2D eigenvalue weighted by Crippen LogP contribution is -2.52. The van der Waals surface area contributed by atoms with Crippen LogP contribution in [0.1, 0.15) is 12.8 Å². The fourth-order valence-corrected chi connectivity index (χ4v) is 3.41. The van der Waals surface area contributed by atoms with Crippen LogP contribution in [0, 0.1) is 0 Å². The molecule has 130 valence electrons. The molecule has 0 aromatic heterocycles. The Morgan fingerprint density at radius 3 is 2.71 bits per heavy atom. The molecule has 3 rings (SSSR count). The maximum absolute atomic E-state index is 12.3. The Kier molecular flexibility index (Phi) is 4.62. The Hall–Kier alpha value is -2.28. The third-order valence-corrected chi connectivity index (χ3v) is 4.50. The zero-order chi connectivity index (χ0) is 17.2. The van der Waals surface area contributed by atoms with Crippen LogP contribution in [0.3, 0.4) is 0 Å². The SMILES string of the molecule is COc1ccc(NC(=O)CN2CCCC3(C2)CN(C)C(=O)O3)cc1. The first-order valence-corrected chi connectivity index (χ1v) is 8.10. The fraction of sp³-hybridized carbons (Fsp3) is 0.529. The van der Waals surface area contributed by atoms with Crippen molar-refractivity contribution in [3.05, 3.63) is 24.3 Å². The van der Waals surface area contributed by atoms with Crippen molar-refractivity contribution in [2.45, 2.75) is 18.4 Å². The van der Waals surface area contributed by atoms with E-state index in [1.807, 2.05) is 12.1 Å². The van der Waals surface area contributed by atoms with E-state index in [0.29, 0.717) is 13.1 Å². The summed E-state index contributed by atoms with van der Waals surface area (Å²) < 4.78 is 10.7. The molecule has 7 heteroatoms. The smallest absolute Gasteiger partial charge is 0.410 e. The standard InChI is InChI=1S/C17H23N3O4/c1-19-11-17(24-16(19)22)8-3-9-20(12-17)10-15(21)18-13-4-6-14(23-2)7-5-13/h4-7H,3,8-12H2,1-2H3,(H,18,21). The second-order valence-electron chi connectivity index (χ2n) is 6.50. The fourth-order valence-electron chi connectivity index (χ4n) is 3.41. The number of piperidine rings is 1. The maximum atomic E-state index is 12.3. The van der Waals surface area contributed by atoms with Crippen LogP contribution < -0.4 is 10.1 Å². The molecule has 2 saturated heterocycles. The predicted molar refractivity (Wildman–Crippen MR) is 89.1 cm³/mol. The first-order valence-electron chi connectivity index (χ1n) is 8.10. The number of anilines is 1. The molecule has 0 saturated carbocycles. The van der Waals surface area contributed by atoms with Gasteiger partial charge in [0, 0.05) is 19.3 Å². The molecule has 2 heterocycles. The van der Waals surface area contributed by atoms with Crippen molar-refractivity contribution in [1.82, 2.24) is 9.80 Å². The average Bonchev–Trinajstić information content (AvgIpc) is 2.81. The molecule has 2 fully saturated rings. The van der Waals surface area contributed by atoms with Gasteiger partial charge >= 0.3 is 6.09 Å². The van der Waals surface area contributed by atoms with Crippen molar-refractivity contribution >= 4 is 17.7 Å². The van der Waals surface area contributed by atoms with Crippen LogP contribution in [0.2, 0.25) is 0 Å². The summed E-state index contributed by atoms with van der Waals surface area (Å²) in [6.45, 7) is 2.30. The summed E-state index contributed by atoms with van der Waals surface area (Å²) in [5.41, 5.74) is 0.268. The molecule has 1 aromatic rings. The van der Waals surface area contributed by atoms with Gasteiger partial charge in [-0.1, -0.05) is 0 Å². The first kappa shape index (κ1) is 16.6. The number of hydrogen-bond acceptors (Lipinski definition) is 5. The molecule has 0 bridgehead atoms. The number of likely N-dealkylation sites (N-methyl/N-ethyl adjacent to an activating group) is 1. The van der Waals surface area contributed by atoms with Crippen molar-refractivity contribution in [3.63, 3.8) is 0 Å². The Balaban J connectivity index is 1.55. The van der Waals surface area contributed by atoms with Gasteiger partial charge in [0.25, 0.3) is 0 Å². The van der Waals surface area contributed by atoms with E-state index < -0.39 is 5.60 Å². The van der Waals surface area contributed by atoms with Crippen molar-refractivity contribution < 1.29 is 19.1 Å². The average molecular weight is 333 g/mol. The van der Waals surface area contributed by atoms with Gasteiger partial charge in [0.2, 0.25) is 5.91 Å². The highest BCUT2D eigenvalue weighted by Gasteiger charge is 2.46. The van der Waals surface area contributed by atoms with Crippen LogP contribution in [0.15, 0.2) is 24.3 Å². The van der Waals surface area contributed by atoms with Gasteiger partial charge in [0.1, 0.15) is 11.4 Å². The highest BCUT2D eigenvalue weighted by Crippen LogP contribution is 2.31. The van der Waals surface area contributed by atoms with Crippen molar-refractivity contribution in [3.8, 4) is 5.75 Å². The van der Waals surface area contributed by atoms with E-state index in [2.05, 4.69) is 10.2 Å². The summed E-state index contributed by atoms with van der Waals surface area (Å²) in [7, 11) is 3.35. The number of hydrogen-bond donors (Lipinski definition) is 1. The van der Waals surface area contributed by atoms with Crippen LogP contribution in [0.25, 0.3) is 0 Å². The molecule has 1 N–H and O–H groups in total. The molecule has 1 aromatic carbocycles. The second-order valence-corrected chi connectivity index (χ2v) is 6.50. The van der Waals surface area contributed by atoms with Gasteiger partial charge in [-0.2, -0.15) is 0 Å². The number of rotatable bonds is 4. The highest BCUT2D eigenvalue weighted by atomic mass is 16.6. The molecule has 2 amide bonds. The van der Waals surface area contributed by atoms with Gasteiger partial charge in [0.15, 0.2) is 0 Å². The van der Waals surface area contributed by atoms with E-state index in [9.17, 15) is 9.59 Å². The summed E-state index contributed by atoms with van der Waals surface area (Å²) >= 11 is 0. The van der Waals surface area contributed by atoms with Gasteiger partial charge in [-0.05, 0) is 43.7 Å². The van der Waals surface area contributed by atoms with Crippen LogP contribution in [0.5, 0.6) is 5.75 Å². The molecule has 7 nitrogen and oxygen atoms in total. The highest BCUT2D eigenvalue weighted by molar-refractivity contribution is 5.92. The number of carbonyl (C=O) groups is 2. The third-order valence-electron chi connectivity index (χ3n) is 4.50. The lowest BCUT2D eigenvalue weighted by molar-refractivity contribution is -0.118. The van der Waals surface area contributed by atoms with Crippen LogP contribution in [-0.2, 0) is 9.53 Å². The van der Waals surface area contributed by atoms with Crippen LogP contribution in [-0.4, -0.2) is 67.7 Å². The monoisotopic (exact) mass is 333 g/mol. The Morgan fingerprint density at radius 1 is 1.33 bits per heavy atom. The minimum Gasteiger partial charge on any atom is -0.497 e. The molecule has 1 unspecified atom stereocenters. The summed E-state index contributed by atoms with van der Waals surface area (Å²) in [6, 6.07) is 7.23. The zero-order valence-corrected chi connectivity index (χ0v) is 14.1. The summed E-state index contributed by atoms with van der Waals surface area (Å²) in [6.07, 6.45) is 1.48. The zero-order valence-electron chi connectivity index (χ0n) is 14.1. The van der Waals surface area contributed by atoms with Crippen molar-refractivity contribution in [2.75, 3.05) is 45.7 Å². The van der Waals surface area contributed by atoms with E-state index in [0.717, 1.165) is 30.8 Å². The number of ether oxygens (including phenoxy) is 2. The minimum atomic E-state index is -0.468. The summed E-state index contributed by atoms with van der Waals surface area (Å²) in [4.78, 5) is 27.6. The molecule has 1 atom stereocenters. The summed E-state index contributed by atoms with van der Waals surface area (Å²) in [5.74, 6) is 0.674. The van der Waals surface area contributed by atoms with Gasteiger partial charge < -0.3 is 19.7 Å². The molecule has 1 spiro atoms. The molecule has 24 heavy (non-hydrogen) atoms. The molecule has 2 aliphatic heterocycles. The maximum Gasteiger partial charge on any atom is 0.410 e. The molecule has 0 radical (unpaired) electrons. The first-order chi connectivity index (χ1) is 11.5. The largest absolute Gasteiger partial charge is 0.497 e. The predicted octanol–water partition coefficient (Wildman–Crippen LogP) is 1.55. The second kappa shape index (κ2) is 6.68. The molecule has 0 aliphatic carbocycles. The topological polar surface area (TPSA) is 71.1 Å². The van der Waals surface area contributed by atoms with E-state index in [4.69, 9.17) is 9.47 Å². The summed E-state index contributed by atoms with van der Waals surface area (Å²) in [5, 5.41) is 2.88. The quantitative estimate of drug-likeness (QED) is 0.905. The number of benzene rings is 1. The van der Waals surface area contributed by atoms with E-state index >= 15 is 0 Å². The third kappa shape index (κ3) is 3.62. The lowest BCUT2D eigenvalue weighted by Gasteiger charge is -2.37. The number of nitrogens with zero attached hydrogens (tertiary/aromatic N) is 2. The number of nitrogens with one attached hydrogen (secondary N) is 1. The van der Waals surface area contributed by atoms with E-state index in [1.54, 1.807) is 31.2 Å². The Labute approximate surface area is 141 Å². The lowest BCUT2D eigenvalue weighted by atomic mass is 9.93. The molecule has 2 aliphatic rings. The minimum absolute atomic E-state index is 0.0742. The van der Waals surface area contributed by atoms with E-state index in [1.165, 1.54) is 0 Å².